The van der Waals surface area contributed by atoms with E-state index in [0.717, 1.165) is 21.1 Å². The lowest BCUT2D eigenvalue weighted by Gasteiger charge is -2.11. The van der Waals surface area contributed by atoms with Gasteiger partial charge in [-0.3, -0.25) is 14.4 Å². The van der Waals surface area contributed by atoms with E-state index >= 15 is 0 Å². The predicted octanol–water partition coefficient (Wildman–Crippen LogP) is 3.60. The summed E-state index contributed by atoms with van der Waals surface area (Å²) in [5.74, 6) is -1.29. The summed E-state index contributed by atoms with van der Waals surface area (Å²) in [6.45, 7) is 1.32. The van der Waals surface area contributed by atoms with E-state index in [0.29, 0.717) is 22.1 Å². The lowest BCUT2D eigenvalue weighted by atomic mass is 10.1. The summed E-state index contributed by atoms with van der Waals surface area (Å²) in [5.41, 5.74) is 1.96. The number of imide groups is 1. The molecule has 0 saturated carbocycles. The molecule has 8 heteroatoms. The average Bonchev–Trinajstić information content (AvgIpc) is 3.13. The van der Waals surface area contributed by atoms with Crippen molar-refractivity contribution in [1.29, 1.82) is 0 Å². The van der Waals surface area contributed by atoms with Gasteiger partial charge in [0, 0.05) is 17.0 Å². The Bertz CT molecular complexity index is 1060. The summed E-state index contributed by atoms with van der Waals surface area (Å²) >= 11 is 4.46. The maximum atomic E-state index is 12.8. The Morgan fingerprint density at radius 2 is 1.81 bits per heavy atom. The Balaban J connectivity index is 1.77. The highest BCUT2D eigenvalue weighted by Gasteiger charge is 2.40. The smallest absolute Gasteiger partial charge is 0.267 e. The third-order valence-corrected chi connectivity index (χ3v) is 5.56. The minimum Gasteiger partial charge on any atom is -0.300 e. The topological polar surface area (TPSA) is 78.8 Å². The van der Waals surface area contributed by atoms with Crippen molar-refractivity contribution in [2.24, 2.45) is 4.99 Å². The summed E-state index contributed by atoms with van der Waals surface area (Å²) < 4.78 is 0.926. The molecule has 2 aromatic rings. The molecule has 1 N–H and O–H groups in total. The van der Waals surface area contributed by atoms with Gasteiger partial charge in [-0.25, -0.2) is 9.89 Å². The van der Waals surface area contributed by atoms with Crippen molar-refractivity contribution < 1.29 is 14.4 Å². The second-order valence-corrected chi connectivity index (χ2v) is 7.75. The number of aliphatic imine (C=N–C) groups is 1. The molecule has 2 heterocycles. The molecule has 1 saturated heterocycles. The van der Waals surface area contributed by atoms with Gasteiger partial charge in [-0.15, -0.1) is 0 Å². The van der Waals surface area contributed by atoms with Crippen LogP contribution in [0, 0.1) is 0 Å². The van der Waals surface area contributed by atoms with Crippen LogP contribution in [0.2, 0.25) is 0 Å². The third kappa shape index (κ3) is 3.11. The number of nitrogens with zero attached hydrogens (tertiary/aromatic N) is 2. The first-order valence-corrected chi connectivity index (χ1v) is 9.59. The number of nitrogens with one attached hydrogen (secondary N) is 1. The van der Waals surface area contributed by atoms with E-state index in [2.05, 4.69) is 26.2 Å². The zero-order valence-corrected chi connectivity index (χ0v) is 16.4. The normalized spacial score (nSPS) is 20.2. The van der Waals surface area contributed by atoms with Crippen molar-refractivity contribution in [2.75, 3.05) is 4.90 Å². The Morgan fingerprint density at radius 3 is 2.52 bits per heavy atom. The molecule has 27 heavy (non-hydrogen) atoms. The first kappa shape index (κ1) is 17.7. The van der Waals surface area contributed by atoms with Gasteiger partial charge in [0.05, 0.1) is 21.9 Å². The molecule has 0 aliphatic carbocycles. The van der Waals surface area contributed by atoms with Crippen LogP contribution in [0.4, 0.5) is 11.4 Å². The van der Waals surface area contributed by atoms with E-state index in [1.807, 2.05) is 24.3 Å². The number of fused-ring (bicyclic) bond motifs is 1. The van der Waals surface area contributed by atoms with Crippen molar-refractivity contribution in [2.45, 2.75) is 6.92 Å². The number of carbonyl (C=O) groups excluding carboxylic acids is 3. The van der Waals surface area contributed by atoms with Gasteiger partial charge in [0.1, 0.15) is 0 Å². The molecule has 2 aromatic carbocycles. The Labute approximate surface area is 167 Å². The fourth-order valence-electron chi connectivity index (χ4n) is 2.92. The number of hydrogen-bond acceptors (Lipinski definition) is 5. The van der Waals surface area contributed by atoms with Crippen molar-refractivity contribution in [3.05, 3.63) is 63.5 Å². The van der Waals surface area contributed by atoms with E-state index in [1.54, 1.807) is 24.3 Å². The van der Waals surface area contributed by atoms with E-state index in [1.165, 1.54) is 6.92 Å². The first-order valence-electron chi connectivity index (χ1n) is 7.98. The summed E-state index contributed by atoms with van der Waals surface area (Å²) in [6.07, 6.45) is 0. The maximum absolute atomic E-state index is 12.8. The largest absolute Gasteiger partial charge is 0.300 e. The molecule has 3 amide bonds. The quantitative estimate of drug-likeness (QED) is 0.685. The van der Waals surface area contributed by atoms with Crippen molar-refractivity contribution >= 4 is 67.5 Å². The molecule has 0 spiro atoms. The van der Waals surface area contributed by atoms with Crippen LogP contribution < -0.4 is 10.2 Å². The van der Waals surface area contributed by atoms with Gasteiger partial charge >= 0.3 is 0 Å². The molecule has 0 bridgehead atoms. The number of hydrogen-bond donors (Lipinski definition) is 1. The zero-order valence-electron chi connectivity index (χ0n) is 14.0. The fourth-order valence-corrected chi connectivity index (χ4v) is 4.11. The molecule has 6 nitrogen and oxygen atoms in total. The number of amides is 3. The molecule has 0 unspecified atom stereocenters. The molecule has 4 rings (SSSR count). The van der Waals surface area contributed by atoms with Gasteiger partial charge in [0.15, 0.2) is 5.17 Å². The molecule has 0 atom stereocenters. The molecule has 1 fully saturated rings. The predicted molar refractivity (Wildman–Crippen MR) is 108 cm³/mol. The SMILES string of the molecule is CC(=O)N1C(=O)/C(=C2/SC(=Nc3ccc(Br)cc3)NC2=O)c2ccccc21. The van der Waals surface area contributed by atoms with Crippen LogP contribution in [-0.2, 0) is 14.4 Å². The van der Waals surface area contributed by atoms with Gasteiger partial charge < -0.3 is 5.32 Å². The number of benzene rings is 2. The Hall–Kier alpha value is -2.71. The van der Waals surface area contributed by atoms with E-state index in [9.17, 15) is 14.4 Å². The molecule has 2 aliphatic rings. The lowest BCUT2D eigenvalue weighted by molar-refractivity contribution is -0.122. The van der Waals surface area contributed by atoms with Crippen LogP contribution in [0.5, 0.6) is 0 Å². The first-order chi connectivity index (χ1) is 13.0. The van der Waals surface area contributed by atoms with Crippen LogP contribution in [0.15, 0.2) is 62.9 Å². The van der Waals surface area contributed by atoms with Gasteiger partial charge in [-0.1, -0.05) is 34.1 Å². The summed E-state index contributed by atoms with van der Waals surface area (Å²) in [5, 5.41) is 3.07. The number of anilines is 1. The molecular formula is C19H12BrN3O3S. The maximum Gasteiger partial charge on any atom is 0.267 e. The van der Waals surface area contributed by atoms with Crippen molar-refractivity contribution in [1.82, 2.24) is 5.32 Å². The van der Waals surface area contributed by atoms with Crippen LogP contribution in [0.3, 0.4) is 0 Å². The minimum atomic E-state index is -0.494. The highest BCUT2D eigenvalue weighted by atomic mass is 79.9. The monoisotopic (exact) mass is 441 g/mol. The van der Waals surface area contributed by atoms with Gasteiger partial charge in [0.25, 0.3) is 11.8 Å². The summed E-state index contributed by atoms with van der Waals surface area (Å²) in [4.78, 5) is 43.0. The number of para-hydroxylation sites is 1. The zero-order chi connectivity index (χ0) is 19.1. The highest BCUT2D eigenvalue weighted by Crippen LogP contribution is 2.42. The third-order valence-electron chi connectivity index (χ3n) is 4.06. The average molecular weight is 442 g/mol. The van der Waals surface area contributed by atoms with Gasteiger partial charge in [-0.05, 0) is 42.1 Å². The minimum absolute atomic E-state index is 0.226. The molecule has 0 radical (unpaired) electrons. The van der Waals surface area contributed by atoms with E-state index in [-0.39, 0.29) is 10.5 Å². The number of rotatable bonds is 1. The lowest BCUT2D eigenvalue weighted by Crippen LogP contribution is -2.31. The number of thioether (sulfide) groups is 1. The fraction of sp³-hybridized carbons (Fsp3) is 0.0526. The van der Waals surface area contributed by atoms with E-state index < -0.39 is 17.7 Å². The van der Waals surface area contributed by atoms with Crippen LogP contribution in [-0.4, -0.2) is 22.9 Å². The van der Waals surface area contributed by atoms with Gasteiger partial charge in [0.2, 0.25) is 5.91 Å². The molecule has 0 aromatic heterocycles. The summed E-state index contributed by atoms with van der Waals surface area (Å²) in [7, 11) is 0. The van der Waals surface area contributed by atoms with Crippen LogP contribution >= 0.6 is 27.7 Å². The second-order valence-electron chi connectivity index (χ2n) is 5.83. The van der Waals surface area contributed by atoms with Gasteiger partial charge in [-0.2, -0.15) is 0 Å². The molecular weight excluding hydrogens is 430 g/mol. The molecule has 134 valence electrons. The number of halogens is 1. The number of carbonyl (C=O) groups is 3. The van der Waals surface area contributed by atoms with Crippen molar-refractivity contribution in [3.8, 4) is 0 Å². The standard InChI is InChI=1S/C19H12BrN3O3S/c1-10(24)23-14-5-3-2-4-13(14)15(18(23)26)16-17(25)22-19(27-16)21-12-8-6-11(20)7-9-12/h2-9H,1H3,(H,21,22,25)/b16-15+. The number of amidine groups is 1. The Morgan fingerprint density at radius 1 is 1.11 bits per heavy atom. The van der Waals surface area contributed by atoms with Crippen LogP contribution in [0.1, 0.15) is 12.5 Å². The highest BCUT2D eigenvalue weighted by molar-refractivity contribution is 9.10. The van der Waals surface area contributed by atoms with E-state index in [4.69, 9.17) is 0 Å². The Kier molecular flexibility index (Phi) is 4.45. The summed E-state index contributed by atoms with van der Waals surface area (Å²) in [6, 6.07) is 14.3. The van der Waals surface area contributed by atoms with Crippen molar-refractivity contribution in [3.63, 3.8) is 0 Å². The van der Waals surface area contributed by atoms with Crippen LogP contribution in [0.25, 0.3) is 5.57 Å². The second kappa shape index (κ2) is 6.79. The molecule has 2 aliphatic heterocycles.